The fourth-order valence-electron chi connectivity index (χ4n) is 3.42. The van der Waals surface area contributed by atoms with Crippen LogP contribution < -0.4 is 14.8 Å². The zero-order valence-corrected chi connectivity index (χ0v) is 22.4. The molecule has 0 aromatic heterocycles. The van der Waals surface area contributed by atoms with Gasteiger partial charge in [0.1, 0.15) is 24.2 Å². The summed E-state index contributed by atoms with van der Waals surface area (Å²) >= 11 is 7.31. The summed E-state index contributed by atoms with van der Waals surface area (Å²) < 4.78 is 24.0. The fraction of sp³-hybridized carbons (Fsp3) is 0.259. The molecule has 0 unspecified atom stereocenters. The second kappa shape index (κ2) is 15.1. The zero-order chi connectivity index (χ0) is 26.5. The minimum absolute atomic E-state index is 0.0186. The second-order valence-corrected chi connectivity index (χ2v) is 8.94. The lowest BCUT2D eigenvalue weighted by Crippen LogP contribution is -2.32. The van der Waals surface area contributed by atoms with Gasteiger partial charge in [0.15, 0.2) is 6.10 Å². The third-order valence-corrected chi connectivity index (χ3v) is 5.85. The van der Waals surface area contributed by atoms with Crippen LogP contribution in [-0.4, -0.2) is 48.8 Å². The average molecular weight is 590 g/mol. The third-order valence-electron chi connectivity index (χ3n) is 5.06. The van der Waals surface area contributed by atoms with E-state index >= 15 is 0 Å². The van der Waals surface area contributed by atoms with Crippen molar-refractivity contribution >= 4 is 46.3 Å². The normalized spacial score (nSPS) is 12.2. The predicted octanol–water partition coefficient (Wildman–Crippen LogP) is 5.42. The van der Waals surface area contributed by atoms with Gasteiger partial charge in [-0.1, -0.05) is 52.3 Å². The van der Waals surface area contributed by atoms with Gasteiger partial charge in [-0.05, 0) is 42.5 Å². The summed E-state index contributed by atoms with van der Waals surface area (Å²) in [5, 5.41) is 12.0. The van der Waals surface area contributed by atoms with Crippen LogP contribution in [0.4, 0.5) is 10.5 Å². The molecule has 0 bridgehead atoms. The number of aliphatic hydroxyl groups excluding tert-OH is 1. The smallest absolute Gasteiger partial charge is 0.412 e. The predicted molar refractivity (Wildman–Crippen MR) is 146 cm³/mol. The number of para-hydroxylation sites is 2. The molecule has 10 heteroatoms. The van der Waals surface area contributed by atoms with Crippen molar-refractivity contribution in [1.82, 2.24) is 0 Å². The molecule has 0 radical (unpaired) electrons. The largest absolute Gasteiger partial charge is 0.491 e. The van der Waals surface area contributed by atoms with Crippen LogP contribution in [-0.2, 0) is 14.3 Å². The molecular weight excluding hydrogens is 562 g/mol. The number of hydrogen-bond donors (Lipinski definition) is 3. The molecule has 196 valence electrons. The van der Waals surface area contributed by atoms with E-state index in [0.717, 1.165) is 4.47 Å². The highest BCUT2D eigenvalue weighted by atomic mass is 79.9. The number of aliphatic hydroxyl groups is 1. The molecule has 0 aliphatic heterocycles. The van der Waals surface area contributed by atoms with E-state index in [1.54, 1.807) is 60.7 Å². The first kappa shape index (κ1) is 28.4. The molecule has 3 rings (SSSR count). The summed E-state index contributed by atoms with van der Waals surface area (Å²) in [6, 6.07) is 23.1. The van der Waals surface area contributed by atoms with Crippen molar-refractivity contribution in [3.63, 3.8) is 0 Å². The number of nitrogens with one attached hydrogen (secondary N) is 1. The number of rotatable bonds is 13. The molecule has 0 aliphatic carbocycles. The lowest BCUT2D eigenvalue weighted by Gasteiger charge is -2.29. The van der Waals surface area contributed by atoms with Gasteiger partial charge in [0, 0.05) is 22.1 Å². The Labute approximate surface area is 229 Å². The molecular formula is C27H28BrNO7S. The van der Waals surface area contributed by atoms with Gasteiger partial charge in [-0.2, -0.15) is 12.6 Å². The quantitative estimate of drug-likeness (QED) is 0.181. The Morgan fingerprint density at radius 3 is 2.35 bits per heavy atom. The highest BCUT2D eigenvalue weighted by Gasteiger charge is 2.32. The first-order valence-electron chi connectivity index (χ1n) is 11.5. The number of carbonyl (C=O) groups is 2. The Hall–Kier alpha value is -3.21. The molecule has 0 saturated carbocycles. The molecule has 2 atom stereocenters. The highest BCUT2D eigenvalue weighted by Crippen LogP contribution is 2.34. The molecule has 3 aromatic carbocycles. The van der Waals surface area contributed by atoms with Crippen LogP contribution in [0.2, 0.25) is 0 Å². The number of carbonyl (C=O) groups excluding carboxylic acids is 2. The highest BCUT2D eigenvalue weighted by molar-refractivity contribution is 9.10. The van der Waals surface area contributed by atoms with Crippen molar-refractivity contribution in [2.75, 3.05) is 30.9 Å². The van der Waals surface area contributed by atoms with Gasteiger partial charge in [0.05, 0.1) is 19.0 Å². The van der Waals surface area contributed by atoms with Crippen LogP contribution in [0, 0.1) is 0 Å². The number of amides is 1. The molecule has 3 aromatic rings. The zero-order valence-electron chi connectivity index (χ0n) is 19.9. The number of thiol groups is 1. The number of anilines is 1. The second-order valence-electron chi connectivity index (χ2n) is 7.70. The lowest BCUT2D eigenvalue weighted by atomic mass is 10.0. The molecule has 0 fully saturated rings. The summed E-state index contributed by atoms with van der Waals surface area (Å²) in [6.07, 6.45) is -2.22. The van der Waals surface area contributed by atoms with Crippen LogP contribution in [0.5, 0.6) is 11.5 Å². The number of benzene rings is 3. The summed E-state index contributed by atoms with van der Waals surface area (Å²) in [5.41, 5.74) is 1.07. The van der Waals surface area contributed by atoms with Crippen LogP contribution in [0.3, 0.4) is 0 Å². The third kappa shape index (κ3) is 9.31. The Morgan fingerprint density at radius 2 is 1.65 bits per heavy atom. The van der Waals surface area contributed by atoms with E-state index in [9.17, 15) is 14.7 Å². The fourth-order valence-corrected chi connectivity index (χ4v) is 3.77. The van der Waals surface area contributed by atoms with Crippen molar-refractivity contribution in [2.45, 2.75) is 18.6 Å². The topological polar surface area (TPSA) is 103 Å². The number of ether oxygens (including phenoxy) is 4. The Bertz CT molecular complexity index is 1130. The van der Waals surface area contributed by atoms with Gasteiger partial charge in [0.25, 0.3) is 0 Å². The average Bonchev–Trinajstić information content (AvgIpc) is 2.92. The Morgan fingerprint density at radius 1 is 0.946 bits per heavy atom. The van der Waals surface area contributed by atoms with E-state index in [2.05, 4.69) is 33.9 Å². The van der Waals surface area contributed by atoms with Crippen molar-refractivity contribution in [3.8, 4) is 11.5 Å². The van der Waals surface area contributed by atoms with Gasteiger partial charge in [0.2, 0.25) is 0 Å². The van der Waals surface area contributed by atoms with E-state index in [0.29, 0.717) is 22.7 Å². The van der Waals surface area contributed by atoms with Gasteiger partial charge in [-0.15, -0.1) is 0 Å². The molecule has 37 heavy (non-hydrogen) atoms. The number of hydrogen-bond acceptors (Lipinski definition) is 8. The minimum atomic E-state index is -0.958. The lowest BCUT2D eigenvalue weighted by molar-refractivity contribution is -0.141. The molecule has 2 N–H and O–H groups in total. The Balaban J connectivity index is 1.93. The van der Waals surface area contributed by atoms with E-state index in [4.69, 9.17) is 18.9 Å². The van der Waals surface area contributed by atoms with E-state index in [-0.39, 0.29) is 32.0 Å². The maximum Gasteiger partial charge on any atom is 0.412 e. The van der Waals surface area contributed by atoms with E-state index < -0.39 is 24.3 Å². The molecule has 0 saturated heterocycles. The first-order valence-corrected chi connectivity index (χ1v) is 13.0. The summed E-state index contributed by atoms with van der Waals surface area (Å²) in [7, 11) is 0. The van der Waals surface area contributed by atoms with Crippen molar-refractivity contribution < 1.29 is 33.6 Å². The molecule has 1 amide bonds. The van der Waals surface area contributed by atoms with Gasteiger partial charge in [-0.3, -0.25) is 10.1 Å². The number of esters is 1. The van der Waals surface area contributed by atoms with Gasteiger partial charge < -0.3 is 24.1 Å². The maximum absolute atomic E-state index is 13.0. The van der Waals surface area contributed by atoms with Crippen molar-refractivity contribution in [2.24, 2.45) is 0 Å². The van der Waals surface area contributed by atoms with Gasteiger partial charge in [-0.25, -0.2) is 4.79 Å². The number of halogens is 1. The maximum atomic E-state index is 13.0. The van der Waals surface area contributed by atoms with Crippen molar-refractivity contribution in [1.29, 1.82) is 0 Å². The van der Waals surface area contributed by atoms with Crippen LogP contribution in [0.25, 0.3) is 0 Å². The van der Waals surface area contributed by atoms with Crippen LogP contribution in [0.15, 0.2) is 83.3 Å². The Kier molecular flexibility index (Phi) is 11.6. The standard InChI is InChI=1S/C27H28BrNO7S/c28-19-10-12-20(13-11-19)29-27(32)36-26(22-8-4-5-9-23(22)33-17-15-30)24(14-16-34-25(31)18-37)35-21-6-2-1-3-7-21/h1-13,24,26,30,37H,14-18H2,(H,29,32)/t24-,26-/m0/s1. The van der Waals surface area contributed by atoms with Crippen LogP contribution >= 0.6 is 28.6 Å². The first-order chi connectivity index (χ1) is 18.0. The molecule has 0 spiro atoms. The minimum Gasteiger partial charge on any atom is -0.491 e. The summed E-state index contributed by atoms with van der Waals surface area (Å²) in [6.45, 7) is -0.114. The van der Waals surface area contributed by atoms with Crippen molar-refractivity contribution in [3.05, 3.63) is 88.9 Å². The van der Waals surface area contributed by atoms with E-state index in [1.165, 1.54) is 0 Å². The monoisotopic (exact) mass is 589 g/mol. The van der Waals surface area contributed by atoms with E-state index in [1.807, 2.05) is 18.2 Å². The van der Waals surface area contributed by atoms with Gasteiger partial charge >= 0.3 is 12.1 Å². The molecule has 0 heterocycles. The van der Waals surface area contributed by atoms with Crippen LogP contribution in [0.1, 0.15) is 18.1 Å². The molecule has 8 nitrogen and oxygen atoms in total. The molecule has 0 aliphatic rings. The summed E-state index contributed by atoms with van der Waals surface area (Å²) in [4.78, 5) is 24.7. The summed E-state index contributed by atoms with van der Waals surface area (Å²) in [5.74, 6) is 0.437. The SMILES string of the molecule is O=C(CS)OCC[C@H](Oc1ccccc1)[C@@H](OC(=O)Nc1ccc(Br)cc1)c1ccccc1OCCO.